The summed E-state index contributed by atoms with van der Waals surface area (Å²) in [5, 5.41) is 17.7. The minimum atomic E-state index is -0.441. The fourth-order valence-corrected chi connectivity index (χ4v) is 3.77. The Morgan fingerprint density at radius 3 is 2.52 bits per heavy atom. The molecule has 1 saturated heterocycles. The lowest BCUT2D eigenvalue weighted by Crippen LogP contribution is -2.37. The largest absolute Gasteiger partial charge is 0.350 e. The Morgan fingerprint density at radius 1 is 1.28 bits per heavy atom. The van der Waals surface area contributed by atoms with Crippen LogP contribution in [-0.2, 0) is 11.3 Å². The molecule has 1 fully saturated rings. The van der Waals surface area contributed by atoms with Gasteiger partial charge in [-0.25, -0.2) is 0 Å². The number of aryl methyl sites for hydroxylation is 1. The van der Waals surface area contributed by atoms with E-state index in [1.807, 2.05) is 0 Å². The summed E-state index contributed by atoms with van der Waals surface area (Å²) in [6.45, 7) is 3.91. The molecule has 2 aromatic rings. The molecular weight excluding hydrogens is 398 g/mol. The minimum Gasteiger partial charge on any atom is -0.350 e. The number of amides is 3. The number of hydrogen-bond acceptors (Lipinski definition) is 7. The Kier molecular flexibility index (Phi) is 5.97. The minimum absolute atomic E-state index is 0.00867. The van der Waals surface area contributed by atoms with E-state index < -0.39 is 4.92 Å². The fraction of sp³-hybridized carbons (Fsp3) is 0.333. The maximum atomic E-state index is 12.2. The molecule has 1 N–H and O–H groups in total. The maximum Gasteiger partial charge on any atom is 0.312 e. The zero-order valence-corrected chi connectivity index (χ0v) is 16.7. The summed E-state index contributed by atoms with van der Waals surface area (Å²) in [6.07, 6.45) is 0. The number of hydrogen-bond donors (Lipinski definition) is 1. The van der Waals surface area contributed by atoms with Crippen molar-refractivity contribution in [3.8, 4) is 0 Å². The lowest BCUT2D eigenvalue weighted by atomic mass is 10.1. The highest BCUT2D eigenvalue weighted by Crippen LogP contribution is 2.22. The Labute approximate surface area is 170 Å². The van der Waals surface area contributed by atoms with Gasteiger partial charge in [0.1, 0.15) is 11.4 Å². The predicted octanol–water partition coefficient (Wildman–Crippen LogP) is 1.88. The number of benzene rings is 1. The topological polar surface area (TPSA) is 127 Å². The van der Waals surface area contributed by atoms with Gasteiger partial charge >= 0.3 is 5.69 Å². The molecule has 0 radical (unpaired) electrons. The van der Waals surface area contributed by atoms with E-state index >= 15 is 0 Å². The van der Waals surface area contributed by atoms with Crippen molar-refractivity contribution in [2.24, 2.45) is 0 Å². The van der Waals surface area contributed by atoms with Gasteiger partial charge in [0.2, 0.25) is 5.91 Å². The van der Waals surface area contributed by atoms with E-state index in [1.165, 1.54) is 0 Å². The number of nitro groups is 1. The summed E-state index contributed by atoms with van der Waals surface area (Å²) in [5.74, 6) is -0.417. The van der Waals surface area contributed by atoms with Gasteiger partial charge in [0.05, 0.1) is 17.2 Å². The van der Waals surface area contributed by atoms with Crippen molar-refractivity contribution in [1.29, 1.82) is 0 Å². The number of aromatic nitrogens is 2. The normalized spacial score (nSPS) is 13.8. The van der Waals surface area contributed by atoms with E-state index in [4.69, 9.17) is 0 Å². The summed E-state index contributed by atoms with van der Waals surface area (Å²) < 4.78 is 1.56. The molecule has 11 heteroatoms. The summed E-state index contributed by atoms with van der Waals surface area (Å²) in [5.41, 5.74) is 2.11. The van der Waals surface area contributed by atoms with Gasteiger partial charge in [-0.3, -0.25) is 34.1 Å². The first kappa shape index (κ1) is 20.5. The van der Waals surface area contributed by atoms with Gasteiger partial charge in [0, 0.05) is 18.7 Å². The number of carbonyl (C=O) groups excluding carboxylic acids is 3. The van der Waals surface area contributed by atoms with Crippen molar-refractivity contribution < 1.29 is 19.3 Å². The van der Waals surface area contributed by atoms with Crippen LogP contribution in [0.2, 0.25) is 0 Å². The molecule has 1 aromatic carbocycles. The number of nitrogens with zero attached hydrogens (tertiary/aromatic N) is 4. The van der Waals surface area contributed by atoms with Gasteiger partial charge in [0.25, 0.3) is 11.1 Å². The van der Waals surface area contributed by atoms with Gasteiger partial charge in [-0.2, -0.15) is 5.10 Å². The van der Waals surface area contributed by atoms with Crippen LogP contribution < -0.4 is 5.32 Å². The number of carbonyl (C=O) groups is 3. The van der Waals surface area contributed by atoms with Crippen LogP contribution in [0.4, 0.5) is 10.5 Å². The van der Waals surface area contributed by atoms with Crippen LogP contribution in [-0.4, -0.2) is 55.5 Å². The van der Waals surface area contributed by atoms with Gasteiger partial charge < -0.3 is 5.32 Å². The molecule has 0 spiro atoms. The molecule has 3 amide bonds. The second-order valence-corrected chi connectivity index (χ2v) is 7.41. The highest BCUT2D eigenvalue weighted by atomic mass is 32.2. The Balaban J connectivity index is 1.58. The third-order valence-corrected chi connectivity index (χ3v) is 5.39. The third-order valence-electron chi connectivity index (χ3n) is 4.54. The summed E-state index contributed by atoms with van der Waals surface area (Å²) in [4.78, 5) is 47.1. The van der Waals surface area contributed by atoms with Crippen molar-refractivity contribution in [1.82, 2.24) is 20.0 Å². The van der Waals surface area contributed by atoms with Gasteiger partial charge in [0.15, 0.2) is 0 Å². The van der Waals surface area contributed by atoms with Crippen LogP contribution in [0.15, 0.2) is 24.3 Å². The molecule has 1 aliphatic rings. The van der Waals surface area contributed by atoms with Crippen molar-refractivity contribution >= 4 is 34.5 Å². The highest BCUT2D eigenvalue weighted by molar-refractivity contribution is 8.14. The molecule has 10 nitrogen and oxygen atoms in total. The second kappa shape index (κ2) is 8.43. The fourth-order valence-electron chi connectivity index (χ4n) is 3.02. The quantitative estimate of drug-likeness (QED) is 0.538. The van der Waals surface area contributed by atoms with Crippen molar-refractivity contribution in [2.75, 3.05) is 18.8 Å². The molecule has 1 aromatic heterocycles. The first-order valence-corrected chi connectivity index (χ1v) is 9.79. The van der Waals surface area contributed by atoms with Gasteiger partial charge in [-0.15, -0.1) is 0 Å². The van der Waals surface area contributed by atoms with Crippen LogP contribution in [0, 0.1) is 24.0 Å². The maximum absolute atomic E-state index is 12.2. The first-order valence-electron chi connectivity index (χ1n) is 8.80. The van der Waals surface area contributed by atoms with E-state index in [1.54, 1.807) is 42.8 Å². The van der Waals surface area contributed by atoms with Gasteiger partial charge in [-0.1, -0.05) is 23.9 Å². The zero-order chi connectivity index (χ0) is 21.1. The Hall–Kier alpha value is -3.21. The monoisotopic (exact) mass is 417 g/mol. The molecule has 1 aliphatic heterocycles. The van der Waals surface area contributed by atoms with Crippen molar-refractivity contribution in [3.05, 3.63) is 56.9 Å². The number of thioether (sulfide) groups is 1. The van der Waals surface area contributed by atoms with Crippen LogP contribution >= 0.6 is 11.8 Å². The van der Waals surface area contributed by atoms with Crippen LogP contribution in [0.3, 0.4) is 0 Å². The molecule has 0 unspecified atom stereocenters. The SMILES string of the molecule is Cc1nn(Cc2ccc(C(=O)NCCN3C(=O)CSC3=O)cc2)c(C)c1[N+](=O)[O-]. The molecule has 0 atom stereocenters. The van der Waals surface area contributed by atoms with E-state index in [0.29, 0.717) is 23.5 Å². The lowest BCUT2D eigenvalue weighted by molar-refractivity contribution is -0.386. The molecule has 29 heavy (non-hydrogen) atoms. The smallest absolute Gasteiger partial charge is 0.312 e. The first-order chi connectivity index (χ1) is 13.8. The number of rotatable bonds is 7. The van der Waals surface area contributed by atoms with E-state index in [-0.39, 0.29) is 41.6 Å². The van der Waals surface area contributed by atoms with Crippen molar-refractivity contribution in [3.63, 3.8) is 0 Å². The average molecular weight is 417 g/mol. The van der Waals surface area contributed by atoms with Crippen molar-refractivity contribution in [2.45, 2.75) is 20.4 Å². The second-order valence-electron chi connectivity index (χ2n) is 6.49. The number of nitrogens with one attached hydrogen (secondary N) is 1. The molecule has 2 heterocycles. The van der Waals surface area contributed by atoms with E-state index in [0.717, 1.165) is 22.2 Å². The van der Waals surface area contributed by atoms with E-state index in [2.05, 4.69) is 10.4 Å². The molecular formula is C18H19N5O5S. The highest BCUT2D eigenvalue weighted by Gasteiger charge is 2.29. The Morgan fingerprint density at radius 2 is 1.97 bits per heavy atom. The third kappa shape index (κ3) is 4.45. The standard InChI is InChI=1S/C18H19N5O5S/c1-11-16(23(27)28)12(2)22(20-11)9-13-3-5-14(6-4-13)17(25)19-7-8-21-15(24)10-29-18(21)26/h3-6H,7-10H2,1-2H3,(H,19,25). The van der Waals surface area contributed by atoms with E-state index in [9.17, 15) is 24.5 Å². The molecule has 0 bridgehead atoms. The van der Waals surface area contributed by atoms with Crippen LogP contribution in [0.1, 0.15) is 27.3 Å². The zero-order valence-electron chi connectivity index (χ0n) is 15.9. The van der Waals surface area contributed by atoms with Crippen LogP contribution in [0.5, 0.6) is 0 Å². The molecule has 3 rings (SSSR count). The van der Waals surface area contributed by atoms with Gasteiger partial charge in [-0.05, 0) is 31.5 Å². The van der Waals surface area contributed by atoms with Crippen LogP contribution in [0.25, 0.3) is 0 Å². The summed E-state index contributed by atoms with van der Waals surface area (Å²) in [7, 11) is 0. The lowest BCUT2D eigenvalue weighted by Gasteiger charge is -2.13. The molecule has 0 aliphatic carbocycles. The predicted molar refractivity (Wildman–Crippen MR) is 106 cm³/mol. The Bertz CT molecular complexity index is 969. The summed E-state index contributed by atoms with van der Waals surface area (Å²) in [6, 6.07) is 6.79. The molecule has 152 valence electrons. The average Bonchev–Trinajstić information content (AvgIpc) is 3.14. The summed E-state index contributed by atoms with van der Waals surface area (Å²) >= 11 is 0.956. The number of imide groups is 1. The molecule has 0 saturated carbocycles.